The normalized spacial score (nSPS) is 12.4. The Kier molecular flexibility index (Phi) is 5.51. The summed E-state index contributed by atoms with van der Waals surface area (Å²) < 4.78 is 13.4. The molecule has 1 aromatic carbocycles. The Morgan fingerprint density at radius 3 is 2.79 bits per heavy atom. The fourth-order valence-electron chi connectivity index (χ4n) is 1.43. The van der Waals surface area contributed by atoms with Crippen molar-refractivity contribution >= 4 is 29.6 Å². The molecule has 1 rings (SSSR count). The Labute approximate surface area is 114 Å². The molecule has 0 saturated carbocycles. The number of amides is 1. The molecule has 0 aliphatic heterocycles. The van der Waals surface area contributed by atoms with Crippen molar-refractivity contribution in [1.29, 1.82) is 0 Å². The summed E-state index contributed by atoms with van der Waals surface area (Å²) in [6.45, 7) is 1.57. The van der Waals surface area contributed by atoms with E-state index in [1.807, 2.05) is 0 Å². The fourth-order valence-corrected chi connectivity index (χ4v) is 1.66. The minimum atomic E-state index is -1.01. The number of rotatable bonds is 5. The SMILES string of the molecule is CC(CC(=O)O)NC(=O)/C=C/c1c(F)cccc1Cl. The highest BCUT2D eigenvalue weighted by atomic mass is 35.5. The largest absolute Gasteiger partial charge is 0.481 e. The van der Waals surface area contributed by atoms with Gasteiger partial charge in [0.1, 0.15) is 5.82 Å². The average Bonchev–Trinajstić information content (AvgIpc) is 2.26. The molecule has 4 nitrogen and oxygen atoms in total. The van der Waals surface area contributed by atoms with Crippen LogP contribution in [0.25, 0.3) is 6.08 Å². The number of aliphatic carboxylic acids is 1. The first-order valence-corrected chi connectivity index (χ1v) is 5.92. The quantitative estimate of drug-likeness (QED) is 0.817. The Morgan fingerprint density at radius 2 is 2.21 bits per heavy atom. The maximum Gasteiger partial charge on any atom is 0.305 e. The lowest BCUT2D eigenvalue weighted by Crippen LogP contribution is -2.32. The van der Waals surface area contributed by atoms with E-state index in [-0.39, 0.29) is 17.0 Å². The number of nitrogens with one attached hydrogen (secondary N) is 1. The van der Waals surface area contributed by atoms with Crippen molar-refractivity contribution in [1.82, 2.24) is 5.32 Å². The summed E-state index contributed by atoms with van der Waals surface area (Å²) in [5.41, 5.74) is 0.116. The summed E-state index contributed by atoms with van der Waals surface area (Å²) >= 11 is 5.79. The van der Waals surface area contributed by atoms with E-state index in [4.69, 9.17) is 16.7 Å². The molecular weight excluding hydrogens is 273 g/mol. The van der Waals surface area contributed by atoms with E-state index >= 15 is 0 Å². The summed E-state index contributed by atoms with van der Waals surface area (Å²) in [4.78, 5) is 21.9. The lowest BCUT2D eigenvalue weighted by Gasteiger charge is -2.09. The highest BCUT2D eigenvalue weighted by molar-refractivity contribution is 6.32. The highest BCUT2D eigenvalue weighted by Crippen LogP contribution is 2.20. The van der Waals surface area contributed by atoms with E-state index in [0.717, 1.165) is 6.08 Å². The molecule has 19 heavy (non-hydrogen) atoms. The Hall–Kier alpha value is -1.88. The minimum absolute atomic E-state index is 0.116. The molecule has 0 aliphatic carbocycles. The van der Waals surface area contributed by atoms with E-state index in [1.54, 1.807) is 6.92 Å². The molecule has 6 heteroatoms. The fraction of sp³-hybridized carbons (Fsp3) is 0.231. The van der Waals surface area contributed by atoms with Crippen molar-refractivity contribution in [3.8, 4) is 0 Å². The maximum absolute atomic E-state index is 13.4. The molecule has 0 fully saturated rings. The lowest BCUT2D eigenvalue weighted by molar-refractivity contribution is -0.137. The van der Waals surface area contributed by atoms with Crippen LogP contribution in [-0.4, -0.2) is 23.0 Å². The zero-order chi connectivity index (χ0) is 14.4. The molecule has 2 N–H and O–H groups in total. The molecule has 0 bridgehead atoms. The third-order valence-electron chi connectivity index (χ3n) is 2.27. The molecule has 0 saturated heterocycles. The summed E-state index contributed by atoms with van der Waals surface area (Å²) in [5.74, 6) is -2.04. The zero-order valence-corrected chi connectivity index (χ0v) is 10.9. The summed E-state index contributed by atoms with van der Waals surface area (Å²) in [7, 11) is 0. The number of halogens is 2. The molecule has 1 amide bonds. The first-order chi connectivity index (χ1) is 8.90. The smallest absolute Gasteiger partial charge is 0.305 e. The summed E-state index contributed by atoms with van der Waals surface area (Å²) in [6.07, 6.45) is 2.18. The molecule has 0 heterocycles. The number of hydrogen-bond acceptors (Lipinski definition) is 2. The van der Waals surface area contributed by atoms with Gasteiger partial charge in [0.05, 0.1) is 11.4 Å². The molecule has 1 atom stereocenters. The minimum Gasteiger partial charge on any atom is -0.481 e. The third kappa shape index (κ3) is 5.09. The van der Waals surface area contributed by atoms with Crippen molar-refractivity contribution in [2.75, 3.05) is 0 Å². The predicted octanol–water partition coefficient (Wildman–Crippen LogP) is 2.47. The molecular formula is C13H13ClFNO3. The summed E-state index contributed by atoms with van der Waals surface area (Å²) in [6, 6.07) is 3.70. The molecule has 102 valence electrons. The van der Waals surface area contributed by atoms with Gasteiger partial charge in [-0.3, -0.25) is 9.59 Å². The van der Waals surface area contributed by atoms with Crippen molar-refractivity contribution in [2.45, 2.75) is 19.4 Å². The van der Waals surface area contributed by atoms with Gasteiger partial charge in [0.2, 0.25) is 5.91 Å². The monoisotopic (exact) mass is 285 g/mol. The van der Waals surface area contributed by atoms with Gasteiger partial charge in [-0.1, -0.05) is 17.7 Å². The molecule has 0 spiro atoms. The van der Waals surface area contributed by atoms with Crippen LogP contribution in [0.15, 0.2) is 24.3 Å². The second-order valence-corrected chi connectivity index (χ2v) is 4.38. The van der Waals surface area contributed by atoms with E-state index in [1.165, 1.54) is 24.3 Å². The van der Waals surface area contributed by atoms with Crippen molar-refractivity contribution in [3.05, 3.63) is 40.7 Å². The first-order valence-electron chi connectivity index (χ1n) is 5.54. The predicted molar refractivity (Wildman–Crippen MR) is 70.3 cm³/mol. The Bertz CT molecular complexity index is 496. The van der Waals surface area contributed by atoms with Crippen LogP contribution in [0.3, 0.4) is 0 Å². The zero-order valence-electron chi connectivity index (χ0n) is 10.2. The second-order valence-electron chi connectivity index (χ2n) is 3.98. The summed E-state index contributed by atoms with van der Waals surface area (Å²) in [5, 5.41) is 11.2. The van der Waals surface area contributed by atoms with Crippen LogP contribution in [0.1, 0.15) is 18.9 Å². The van der Waals surface area contributed by atoms with Gasteiger partial charge in [-0.05, 0) is 25.1 Å². The maximum atomic E-state index is 13.4. The van der Waals surface area contributed by atoms with E-state index in [2.05, 4.69) is 5.32 Å². The van der Waals surface area contributed by atoms with Crippen LogP contribution in [-0.2, 0) is 9.59 Å². The molecule has 0 aromatic heterocycles. The number of carboxylic acid groups (broad SMARTS) is 1. The van der Waals surface area contributed by atoms with Gasteiger partial charge >= 0.3 is 5.97 Å². The number of benzene rings is 1. The van der Waals surface area contributed by atoms with E-state index in [0.29, 0.717) is 0 Å². The average molecular weight is 286 g/mol. The van der Waals surface area contributed by atoms with Crippen LogP contribution in [0.4, 0.5) is 4.39 Å². The number of carboxylic acids is 1. The van der Waals surface area contributed by atoms with Crippen LogP contribution in [0.5, 0.6) is 0 Å². The van der Waals surface area contributed by atoms with Crippen LogP contribution in [0, 0.1) is 5.82 Å². The van der Waals surface area contributed by atoms with Gasteiger partial charge in [-0.2, -0.15) is 0 Å². The van der Waals surface area contributed by atoms with Crippen molar-refractivity contribution in [3.63, 3.8) is 0 Å². The number of hydrogen-bond donors (Lipinski definition) is 2. The third-order valence-corrected chi connectivity index (χ3v) is 2.60. The van der Waals surface area contributed by atoms with E-state index in [9.17, 15) is 14.0 Å². The standard InChI is InChI=1S/C13H13ClFNO3/c1-8(7-13(18)19)16-12(17)6-5-9-10(14)3-2-4-11(9)15/h2-6,8H,7H2,1H3,(H,16,17)(H,18,19)/b6-5+. The Balaban J connectivity index is 2.66. The van der Waals surface area contributed by atoms with Crippen LogP contribution >= 0.6 is 11.6 Å². The van der Waals surface area contributed by atoms with Gasteiger partial charge in [0.15, 0.2) is 0 Å². The van der Waals surface area contributed by atoms with Crippen molar-refractivity contribution in [2.24, 2.45) is 0 Å². The van der Waals surface area contributed by atoms with Gasteiger partial charge in [-0.15, -0.1) is 0 Å². The highest BCUT2D eigenvalue weighted by Gasteiger charge is 2.09. The van der Waals surface area contributed by atoms with Gasteiger partial charge in [-0.25, -0.2) is 4.39 Å². The van der Waals surface area contributed by atoms with Crippen LogP contribution < -0.4 is 5.32 Å². The van der Waals surface area contributed by atoms with E-state index < -0.39 is 23.7 Å². The Morgan fingerprint density at radius 1 is 1.53 bits per heavy atom. The molecule has 0 aliphatic rings. The number of carbonyl (C=O) groups excluding carboxylic acids is 1. The lowest BCUT2D eigenvalue weighted by atomic mass is 10.2. The first kappa shape index (κ1) is 15.2. The van der Waals surface area contributed by atoms with Crippen molar-refractivity contribution < 1.29 is 19.1 Å². The number of carbonyl (C=O) groups is 2. The molecule has 0 radical (unpaired) electrons. The van der Waals surface area contributed by atoms with Crippen LogP contribution in [0.2, 0.25) is 5.02 Å². The molecule has 1 unspecified atom stereocenters. The van der Waals surface area contributed by atoms with Gasteiger partial charge in [0, 0.05) is 17.7 Å². The van der Waals surface area contributed by atoms with Gasteiger partial charge in [0.25, 0.3) is 0 Å². The molecule has 1 aromatic rings. The van der Waals surface area contributed by atoms with Gasteiger partial charge < -0.3 is 10.4 Å². The second kappa shape index (κ2) is 6.89. The topological polar surface area (TPSA) is 66.4 Å².